The zero-order valence-corrected chi connectivity index (χ0v) is 18.0. The lowest BCUT2D eigenvalue weighted by atomic mass is 10.1. The fourth-order valence-electron chi connectivity index (χ4n) is 3.08. The van der Waals surface area contributed by atoms with E-state index in [9.17, 15) is 14.0 Å². The molecule has 1 saturated heterocycles. The molecule has 0 bridgehead atoms. The van der Waals surface area contributed by atoms with Crippen LogP contribution in [0.25, 0.3) is 0 Å². The maximum atomic E-state index is 12.9. The number of rotatable bonds is 4. The van der Waals surface area contributed by atoms with Crippen LogP contribution in [0.2, 0.25) is 0 Å². The van der Waals surface area contributed by atoms with Gasteiger partial charge < -0.3 is 25.0 Å². The first kappa shape index (κ1) is 22.6. The molecule has 3 amide bonds. The second kappa shape index (κ2) is 9.78. The van der Waals surface area contributed by atoms with Crippen LogP contribution in [0.1, 0.15) is 38.0 Å². The molecule has 1 aliphatic rings. The number of nitrogens with zero attached hydrogens (tertiary/aromatic N) is 1. The van der Waals surface area contributed by atoms with Crippen molar-refractivity contribution in [1.29, 1.82) is 0 Å². The van der Waals surface area contributed by atoms with E-state index < -0.39 is 5.60 Å². The van der Waals surface area contributed by atoms with Gasteiger partial charge in [0.1, 0.15) is 17.5 Å². The van der Waals surface area contributed by atoms with Gasteiger partial charge in [0.15, 0.2) is 0 Å². The molecule has 31 heavy (non-hydrogen) atoms. The highest BCUT2D eigenvalue weighted by atomic mass is 19.1. The normalized spacial score (nSPS) is 16.5. The number of morpholine rings is 1. The maximum absolute atomic E-state index is 12.9. The molecule has 1 aliphatic heterocycles. The van der Waals surface area contributed by atoms with Crippen LogP contribution in [0.5, 0.6) is 0 Å². The van der Waals surface area contributed by atoms with Crippen LogP contribution >= 0.6 is 0 Å². The maximum Gasteiger partial charge on any atom is 0.410 e. The van der Waals surface area contributed by atoms with E-state index >= 15 is 0 Å². The molecular weight excluding hydrogens is 401 g/mol. The van der Waals surface area contributed by atoms with Gasteiger partial charge in [-0.15, -0.1) is 0 Å². The molecule has 2 N–H and O–H groups in total. The van der Waals surface area contributed by atoms with Crippen LogP contribution < -0.4 is 10.6 Å². The Morgan fingerprint density at radius 2 is 1.81 bits per heavy atom. The van der Waals surface area contributed by atoms with E-state index in [4.69, 9.17) is 9.47 Å². The number of nitrogens with one attached hydrogen (secondary N) is 2. The van der Waals surface area contributed by atoms with Crippen LogP contribution in [0.15, 0.2) is 48.5 Å². The number of carbonyl (C=O) groups excluding carboxylic acids is 2. The Labute approximate surface area is 181 Å². The predicted molar refractivity (Wildman–Crippen MR) is 115 cm³/mol. The quantitative estimate of drug-likeness (QED) is 0.752. The summed E-state index contributed by atoms with van der Waals surface area (Å²) < 4.78 is 24.2. The number of benzene rings is 2. The average Bonchev–Trinajstić information content (AvgIpc) is 2.73. The number of amides is 3. The van der Waals surface area contributed by atoms with Gasteiger partial charge >= 0.3 is 12.1 Å². The summed E-state index contributed by atoms with van der Waals surface area (Å²) in [7, 11) is 0. The third kappa shape index (κ3) is 6.96. The van der Waals surface area contributed by atoms with E-state index in [0.29, 0.717) is 31.9 Å². The summed E-state index contributed by atoms with van der Waals surface area (Å²) in [5.41, 5.74) is 1.79. The third-order valence-corrected chi connectivity index (χ3v) is 4.62. The van der Waals surface area contributed by atoms with Crippen molar-refractivity contribution >= 4 is 17.8 Å². The lowest BCUT2D eigenvalue weighted by Crippen LogP contribution is -2.44. The Kier molecular flexibility index (Phi) is 7.12. The molecule has 0 aromatic heterocycles. The molecule has 0 unspecified atom stereocenters. The van der Waals surface area contributed by atoms with Gasteiger partial charge in [-0.1, -0.05) is 24.3 Å². The fraction of sp³-hybridized carbons (Fsp3) is 0.391. The van der Waals surface area contributed by atoms with Gasteiger partial charge in [0.05, 0.1) is 13.2 Å². The molecule has 0 saturated carbocycles. The molecule has 0 aliphatic carbocycles. The number of anilines is 1. The molecule has 166 valence electrons. The standard InChI is InChI=1S/C23H28FN3O4/c1-23(2,3)31-22(29)27-12-13-30-20(15-27)17-6-10-19(11-7-17)26-21(28)25-14-16-4-8-18(24)9-5-16/h4-11,20H,12-15H2,1-3H3,(H2,25,26,28)/t20-/m1/s1. The number of hydrogen-bond acceptors (Lipinski definition) is 4. The number of ether oxygens (including phenoxy) is 2. The van der Waals surface area contributed by atoms with E-state index in [0.717, 1.165) is 11.1 Å². The molecule has 3 rings (SSSR count). The zero-order chi connectivity index (χ0) is 22.4. The Balaban J connectivity index is 1.51. The van der Waals surface area contributed by atoms with Crippen molar-refractivity contribution < 1.29 is 23.5 Å². The van der Waals surface area contributed by atoms with Gasteiger partial charge in [-0.2, -0.15) is 0 Å². The summed E-state index contributed by atoms with van der Waals surface area (Å²) in [6, 6.07) is 12.9. The Morgan fingerprint density at radius 1 is 1.13 bits per heavy atom. The Bertz CT molecular complexity index is 895. The first-order chi connectivity index (χ1) is 14.7. The number of carbonyl (C=O) groups is 2. The summed E-state index contributed by atoms with van der Waals surface area (Å²) in [6.07, 6.45) is -0.612. The second-order valence-electron chi connectivity index (χ2n) is 8.34. The lowest BCUT2D eigenvalue weighted by Gasteiger charge is -2.34. The number of hydrogen-bond donors (Lipinski definition) is 2. The van der Waals surface area contributed by atoms with Crippen LogP contribution in [0, 0.1) is 5.82 Å². The first-order valence-electron chi connectivity index (χ1n) is 10.2. The molecule has 1 atom stereocenters. The average molecular weight is 429 g/mol. The summed E-state index contributed by atoms with van der Waals surface area (Å²) in [5.74, 6) is -0.315. The second-order valence-corrected chi connectivity index (χ2v) is 8.34. The molecule has 2 aromatic carbocycles. The van der Waals surface area contributed by atoms with E-state index in [1.54, 1.807) is 29.2 Å². The van der Waals surface area contributed by atoms with Gasteiger partial charge in [0.2, 0.25) is 0 Å². The third-order valence-electron chi connectivity index (χ3n) is 4.62. The predicted octanol–water partition coefficient (Wildman–Crippen LogP) is 4.46. The van der Waals surface area contributed by atoms with Gasteiger partial charge in [-0.25, -0.2) is 14.0 Å². The van der Waals surface area contributed by atoms with Crippen molar-refractivity contribution in [3.63, 3.8) is 0 Å². The molecular formula is C23H28FN3O4. The monoisotopic (exact) mass is 429 g/mol. The molecule has 7 nitrogen and oxygen atoms in total. The van der Waals surface area contributed by atoms with Gasteiger partial charge in [0.25, 0.3) is 0 Å². The highest BCUT2D eigenvalue weighted by Gasteiger charge is 2.28. The largest absolute Gasteiger partial charge is 0.444 e. The van der Waals surface area contributed by atoms with Gasteiger partial charge in [-0.05, 0) is 56.2 Å². The molecule has 0 spiro atoms. The minimum absolute atomic E-state index is 0.261. The molecule has 0 radical (unpaired) electrons. The van der Waals surface area contributed by atoms with E-state index in [1.807, 2.05) is 32.9 Å². The highest BCUT2D eigenvalue weighted by Crippen LogP contribution is 2.25. The van der Waals surface area contributed by atoms with Crippen molar-refractivity contribution in [3.05, 3.63) is 65.5 Å². The number of urea groups is 1. The first-order valence-corrected chi connectivity index (χ1v) is 10.2. The van der Waals surface area contributed by atoms with Crippen molar-refractivity contribution in [2.45, 2.75) is 39.0 Å². The van der Waals surface area contributed by atoms with Crippen LogP contribution in [0.4, 0.5) is 19.7 Å². The smallest absolute Gasteiger partial charge is 0.410 e. The summed E-state index contributed by atoms with van der Waals surface area (Å²) >= 11 is 0. The van der Waals surface area contributed by atoms with Crippen LogP contribution in [-0.4, -0.2) is 42.3 Å². The SMILES string of the molecule is CC(C)(C)OC(=O)N1CCO[C@@H](c2ccc(NC(=O)NCc3ccc(F)cc3)cc2)C1. The Hall–Kier alpha value is -3.13. The van der Waals surface area contributed by atoms with Crippen LogP contribution in [-0.2, 0) is 16.0 Å². The minimum Gasteiger partial charge on any atom is -0.444 e. The molecule has 1 fully saturated rings. The van der Waals surface area contributed by atoms with Crippen LogP contribution in [0.3, 0.4) is 0 Å². The topological polar surface area (TPSA) is 79.9 Å². The molecule has 2 aromatic rings. The van der Waals surface area contributed by atoms with Crippen molar-refractivity contribution in [2.75, 3.05) is 25.0 Å². The number of halogens is 1. The summed E-state index contributed by atoms with van der Waals surface area (Å²) in [4.78, 5) is 26.1. The van der Waals surface area contributed by atoms with Crippen molar-refractivity contribution in [1.82, 2.24) is 10.2 Å². The molecule has 1 heterocycles. The summed E-state index contributed by atoms with van der Waals surface area (Å²) in [5, 5.41) is 5.48. The molecule has 8 heteroatoms. The highest BCUT2D eigenvalue weighted by molar-refractivity contribution is 5.89. The van der Waals surface area contributed by atoms with E-state index in [2.05, 4.69) is 10.6 Å². The van der Waals surface area contributed by atoms with E-state index in [1.165, 1.54) is 12.1 Å². The van der Waals surface area contributed by atoms with Crippen molar-refractivity contribution in [3.8, 4) is 0 Å². The Morgan fingerprint density at radius 3 is 2.45 bits per heavy atom. The fourth-order valence-corrected chi connectivity index (χ4v) is 3.08. The van der Waals surface area contributed by atoms with Gasteiger partial charge in [-0.3, -0.25) is 0 Å². The minimum atomic E-state index is -0.546. The van der Waals surface area contributed by atoms with Crippen molar-refractivity contribution in [2.24, 2.45) is 0 Å². The lowest BCUT2D eigenvalue weighted by molar-refractivity contribution is -0.0432. The zero-order valence-electron chi connectivity index (χ0n) is 18.0. The van der Waals surface area contributed by atoms with Gasteiger partial charge in [0, 0.05) is 18.8 Å². The van der Waals surface area contributed by atoms with E-state index in [-0.39, 0.29) is 24.0 Å². The summed E-state index contributed by atoms with van der Waals surface area (Å²) in [6.45, 7) is 7.12.